The molecule has 0 aliphatic carbocycles. The molecule has 0 saturated carbocycles. The molecule has 1 atom stereocenters. The molecule has 1 saturated heterocycles. The Morgan fingerprint density at radius 2 is 2.37 bits per heavy atom. The summed E-state index contributed by atoms with van der Waals surface area (Å²) < 4.78 is 5.14. The minimum Gasteiger partial charge on any atom is -0.495 e. The van der Waals surface area contributed by atoms with Gasteiger partial charge in [-0.05, 0) is 50.2 Å². The highest BCUT2D eigenvalue weighted by atomic mass is 16.5. The second-order valence-electron chi connectivity index (χ2n) is 5.19. The van der Waals surface area contributed by atoms with E-state index in [2.05, 4.69) is 23.3 Å². The van der Waals surface area contributed by atoms with E-state index in [1.807, 2.05) is 18.2 Å². The number of hydrogen-bond acceptors (Lipinski definition) is 4. The van der Waals surface area contributed by atoms with Gasteiger partial charge in [-0.3, -0.25) is 0 Å². The summed E-state index contributed by atoms with van der Waals surface area (Å²) in [7, 11) is 3.76. The quantitative estimate of drug-likeness (QED) is 0.872. The van der Waals surface area contributed by atoms with Crippen LogP contribution < -0.4 is 10.1 Å². The smallest absolute Gasteiger partial charge is 0.136 e. The molecule has 2 rings (SSSR count). The van der Waals surface area contributed by atoms with Gasteiger partial charge in [0.1, 0.15) is 11.8 Å². The van der Waals surface area contributed by atoms with Crippen LogP contribution in [0.3, 0.4) is 0 Å². The van der Waals surface area contributed by atoms with Gasteiger partial charge in [-0.1, -0.05) is 6.07 Å². The summed E-state index contributed by atoms with van der Waals surface area (Å²) in [4.78, 5) is 2.37. The number of ether oxygens (including phenoxy) is 1. The van der Waals surface area contributed by atoms with Crippen molar-refractivity contribution in [3.05, 3.63) is 29.3 Å². The number of nitrogens with zero attached hydrogens (tertiary/aromatic N) is 2. The molecule has 1 fully saturated rings. The van der Waals surface area contributed by atoms with Crippen LogP contribution in [-0.4, -0.2) is 38.7 Å². The minimum absolute atomic E-state index is 0.599. The van der Waals surface area contributed by atoms with Gasteiger partial charge in [-0.2, -0.15) is 5.26 Å². The van der Waals surface area contributed by atoms with Crippen molar-refractivity contribution in [2.24, 2.45) is 5.92 Å². The lowest BCUT2D eigenvalue weighted by Gasteiger charge is -2.12. The molecule has 1 aromatic carbocycles. The molecule has 1 unspecified atom stereocenters. The first-order valence-corrected chi connectivity index (χ1v) is 6.69. The van der Waals surface area contributed by atoms with E-state index >= 15 is 0 Å². The maximum absolute atomic E-state index is 9.05. The van der Waals surface area contributed by atoms with Crippen LogP contribution >= 0.6 is 0 Å². The molecule has 0 radical (unpaired) electrons. The van der Waals surface area contributed by atoms with Gasteiger partial charge in [-0.15, -0.1) is 0 Å². The maximum atomic E-state index is 9.05. The molecule has 102 valence electrons. The molecule has 1 N–H and O–H groups in total. The van der Waals surface area contributed by atoms with Crippen LogP contribution in [0.2, 0.25) is 0 Å². The fourth-order valence-electron chi connectivity index (χ4n) is 2.57. The number of benzene rings is 1. The average Bonchev–Trinajstić information content (AvgIpc) is 2.84. The zero-order valence-electron chi connectivity index (χ0n) is 11.6. The van der Waals surface area contributed by atoms with E-state index < -0.39 is 0 Å². The summed E-state index contributed by atoms with van der Waals surface area (Å²) in [6.07, 6.45) is 1.27. The SMILES string of the molecule is COc1ccc(CNCC2CCN(C)C2)cc1C#N. The molecule has 4 heteroatoms. The zero-order valence-corrected chi connectivity index (χ0v) is 11.6. The van der Waals surface area contributed by atoms with Crippen molar-refractivity contribution >= 4 is 0 Å². The van der Waals surface area contributed by atoms with Gasteiger partial charge in [0.2, 0.25) is 0 Å². The Hall–Kier alpha value is -1.57. The van der Waals surface area contributed by atoms with Crippen molar-refractivity contribution in [2.75, 3.05) is 33.8 Å². The van der Waals surface area contributed by atoms with E-state index in [4.69, 9.17) is 10.00 Å². The Labute approximate surface area is 115 Å². The first kappa shape index (κ1) is 13.9. The predicted octanol–water partition coefficient (Wildman–Crippen LogP) is 1.61. The largest absolute Gasteiger partial charge is 0.495 e. The van der Waals surface area contributed by atoms with E-state index in [0.717, 1.165) is 24.6 Å². The number of nitrogens with one attached hydrogen (secondary N) is 1. The van der Waals surface area contributed by atoms with Crippen LogP contribution in [-0.2, 0) is 6.54 Å². The summed E-state index contributed by atoms with van der Waals surface area (Å²) in [6, 6.07) is 7.93. The molecular weight excluding hydrogens is 238 g/mol. The number of likely N-dealkylation sites (tertiary alicyclic amines) is 1. The van der Waals surface area contributed by atoms with Crippen molar-refractivity contribution in [1.82, 2.24) is 10.2 Å². The normalized spacial score (nSPS) is 19.3. The topological polar surface area (TPSA) is 48.3 Å². The van der Waals surface area contributed by atoms with Gasteiger partial charge in [0, 0.05) is 13.1 Å². The van der Waals surface area contributed by atoms with Crippen LogP contribution in [0, 0.1) is 17.2 Å². The van der Waals surface area contributed by atoms with Crippen LogP contribution in [0.25, 0.3) is 0 Å². The Morgan fingerprint density at radius 3 is 3.00 bits per heavy atom. The van der Waals surface area contributed by atoms with Crippen LogP contribution in [0.5, 0.6) is 5.75 Å². The lowest BCUT2D eigenvalue weighted by Crippen LogP contribution is -2.24. The lowest BCUT2D eigenvalue weighted by atomic mass is 10.1. The van der Waals surface area contributed by atoms with Crippen molar-refractivity contribution in [3.8, 4) is 11.8 Å². The van der Waals surface area contributed by atoms with E-state index in [9.17, 15) is 0 Å². The maximum Gasteiger partial charge on any atom is 0.136 e. The van der Waals surface area contributed by atoms with Gasteiger partial charge >= 0.3 is 0 Å². The standard InChI is InChI=1S/C15H21N3O/c1-18-6-5-13(11-18)10-17-9-12-3-4-15(19-2)14(7-12)8-16/h3-4,7,13,17H,5-6,9-11H2,1-2H3. The van der Waals surface area contributed by atoms with Gasteiger partial charge in [-0.25, -0.2) is 0 Å². The average molecular weight is 259 g/mol. The Kier molecular flexibility index (Phi) is 4.78. The Balaban J connectivity index is 1.84. The molecule has 0 spiro atoms. The van der Waals surface area contributed by atoms with E-state index in [-0.39, 0.29) is 0 Å². The third-order valence-corrected chi connectivity index (χ3v) is 3.64. The monoisotopic (exact) mass is 259 g/mol. The molecular formula is C15H21N3O. The molecule has 19 heavy (non-hydrogen) atoms. The van der Waals surface area contributed by atoms with Crippen molar-refractivity contribution in [1.29, 1.82) is 5.26 Å². The Morgan fingerprint density at radius 1 is 1.53 bits per heavy atom. The second-order valence-corrected chi connectivity index (χ2v) is 5.19. The fraction of sp³-hybridized carbons (Fsp3) is 0.533. The molecule has 0 amide bonds. The number of hydrogen-bond donors (Lipinski definition) is 1. The van der Waals surface area contributed by atoms with Gasteiger partial charge in [0.15, 0.2) is 0 Å². The van der Waals surface area contributed by atoms with E-state index in [1.165, 1.54) is 19.5 Å². The van der Waals surface area contributed by atoms with Crippen LogP contribution in [0.1, 0.15) is 17.5 Å². The summed E-state index contributed by atoms with van der Waals surface area (Å²) in [5.74, 6) is 1.39. The molecule has 1 aliphatic rings. The molecule has 1 aromatic rings. The highest BCUT2D eigenvalue weighted by molar-refractivity contribution is 5.45. The highest BCUT2D eigenvalue weighted by Gasteiger charge is 2.18. The van der Waals surface area contributed by atoms with Crippen molar-refractivity contribution in [2.45, 2.75) is 13.0 Å². The third kappa shape index (κ3) is 3.69. The number of methoxy groups -OCH3 is 1. The minimum atomic E-state index is 0.599. The van der Waals surface area contributed by atoms with Gasteiger partial charge in [0.25, 0.3) is 0 Å². The highest BCUT2D eigenvalue weighted by Crippen LogP contribution is 2.19. The number of nitriles is 1. The predicted molar refractivity (Wildman–Crippen MR) is 75.0 cm³/mol. The summed E-state index contributed by atoms with van der Waals surface area (Å²) in [5, 5.41) is 12.5. The van der Waals surface area contributed by atoms with Crippen molar-refractivity contribution in [3.63, 3.8) is 0 Å². The van der Waals surface area contributed by atoms with E-state index in [0.29, 0.717) is 11.3 Å². The van der Waals surface area contributed by atoms with Crippen molar-refractivity contribution < 1.29 is 4.74 Å². The van der Waals surface area contributed by atoms with E-state index in [1.54, 1.807) is 7.11 Å². The van der Waals surface area contributed by atoms with Gasteiger partial charge < -0.3 is 15.0 Å². The summed E-state index contributed by atoms with van der Waals surface area (Å²) >= 11 is 0. The first-order chi connectivity index (χ1) is 9.22. The fourth-order valence-corrected chi connectivity index (χ4v) is 2.57. The molecule has 1 aliphatic heterocycles. The molecule has 0 aromatic heterocycles. The van der Waals surface area contributed by atoms with Crippen LogP contribution in [0.4, 0.5) is 0 Å². The first-order valence-electron chi connectivity index (χ1n) is 6.69. The van der Waals surface area contributed by atoms with Crippen LogP contribution in [0.15, 0.2) is 18.2 Å². The summed E-state index contributed by atoms with van der Waals surface area (Å²) in [6.45, 7) is 4.23. The molecule has 1 heterocycles. The second kappa shape index (κ2) is 6.55. The molecule has 4 nitrogen and oxygen atoms in total. The Bertz CT molecular complexity index is 467. The number of rotatable bonds is 5. The molecule has 0 bridgehead atoms. The third-order valence-electron chi connectivity index (χ3n) is 3.64. The summed E-state index contributed by atoms with van der Waals surface area (Å²) in [5.41, 5.74) is 1.73. The van der Waals surface area contributed by atoms with Gasteiger partial charge in [0.05, 0.1) is 12.7 Å². The lowest BCUT2D eigenvalue weighted by molar-refractivity contribution is 0.388. The zero-order chi connectivity index (χ0) is 13.7.